The van der Waals surface area contributed by atoms with E-state index in [0.29, 0.717) is 5.56 Å². The number of phenols is 1. The number of hydrogen-bond donors (Lipinski definition) is 6. The van der Waals surface area contributed by atoms with E-state index in [4.69, 9.17) is 9.79 Å². The Hall–Kier alpha value is -2.78. The predicted molar refractivity (Wildman–Crippen MR) is 96.8 cm³/mol. The molecule has 0 aliphatic rings. The molecule has 0 fully saturated rings. The van der Waals surface area contributed by atoms with Crippen LogP contribution in [0.1, 0.15) is 22.4 Å². The maximum Gasteiger partial charge on any atom is 0.469 e. The summed E-state index contributed by atoms with van der Waals surface area (Å²) in [4.78, 5) is 35.8. The monoisotopic (exact) mass is 411 g/mol. The fourth-order valence-corrected chi connectivity index (χ4v) is 2.66. The molecule has 6 N–H and O–H groups in total. The molecule has 0 spiro atoms. The number of aromatic nitrogens is 1. The Morgan fingerprint density at radius 3 is 2.50 bits per heavy atom. The lowest BCUT2D eigenvalue weighted by Gasteiger charge is -2.10. The van der Waals surface area contributed by atoms with Gasteiger partial charge in [-0.25, -0.2) is 14.4 Å². The zero-order valence-electron chi connectivity index (χ0n) is 14.8. The molecule has 0 bridgehead atoms. The standard InChI is InChI=1S/C17H19N2O8P/c1-10-16(21)14(12(7-18-10)9-27-28(24,25)26)8-19-15(17(22)23)6-11-2-4-13(20)5-3-11/h2-5,7-8,15,20-21H,6,9H2,1H3,(H,22,23)(H2,24,25,26)/p+1/t15-/m0/s1. The van der Waals surface area contributed by atoms with Crippen molar-refractivity contribution in [1.29, 1.82) is 0 Å². The number of carboxylic acid groups (broad SMARTS) is 1. The Balaban J connectivity index is 2.30. The SMILES string of the molecule is Cc1ncc(COP(=O)(O)O)c(C=[NH+][C@@H](Cc2ccc(O)cc2)C(=O)O)c1O. The highest BCUT2D eigenvalue weighted by Crippen LogP contribution is 2.37. The van der Waals surface area contributed by atoms with Crippen molar-refractivity contribution in [2.45, 2.75) is 26.0 Å². The summed E-state index contributed by atoms with van der Waals surface area (Å²) in [6.45, 7) is 0.986. The van der Waals surface area contributed by atoms with Gasteiger partial charge in [-0.05, 0) is 24.6 Å². The Labute approximate surface area is 160 Å². The van der Waals surface area contributed by atoms with E-state index >= 15 is 0 Å². The van der Waals surface area contributed by atoms with Gasteiger partial charge < -0.3 is 25.1 Å². The number of aromatic hydroxyl groups is 2. The molecule has 0 radical (unpaired) electrons. The third kappa shape index (κ3) is 6.14. The second-order valence-electron chi connectivity index (χ2n) is 5.97. The van der Waals surface area contributed by atoms with Gasteiger partial charge in [0.15, 0.2) is 6.21 Å². The van der Waals surface area contributed by atoms with Gasteiger partial charge in [-0.3, -0.25) is 9.51 Å². The molecule has 11 heteroatoms. The third-order valence-corrected chi connectivity index (χ3v) is 4.31. The number of nitrogens with zero attached hydrogens (tertiary/aromatic N) is 1. The van der Waals surface area contributed by atoms with Crippen LogP contribution in [0.25, 0.3) is 0 Å². The highest BCUT2D eigenvalue weighted by Gasteiger charge is 2.23. The summed E-state index contributed by atoms with van der Waals surface area (Å²) in [6.07, 6.45) is 2.60. The lowest BCUT2D eigenvalue weighted by atomic mass is 10.1. The van der Waals surface area contributed by atoms with Crippen LogP contribution in [0.4, 0.5) is 0 Å². The number of aliphatic carboxylic acids is 1. The second kappa shape index (κ2) is 8.94. The van der Waals surface area contributed by atoms with Gasteiger partial charge in [-0.1, -0.05) is 12.1 Å². The van der Waals surface area contributed by atoms with E-state index in [1.165, 1.54) is 31.5 Å². The van der Waals surface area contributed by atoms with Crippen molar-refractivity contribution in [3.05, 3.63) is 52.8 Å². The van der Waals surface area contributed by atoms with Gasteiger partial charge >= 0.3 is 13.8 Å². The lowest BCUT2D eigenvalue weighted by Crippen LogP contribution is -2.80. The number of hydrogen-bond acceptors (Lipinski definition) is 6. The van der Waals surface area contributed by atoms with Crippen molar-refractivity contribution in [2.75, 3.05) is 0 Å². The van der Waals surface area contributed by atoms with Crippen LogP contribution in [0, 0.1) is 6.92 Å². The number of carboxylic acids is 1. The van der Waals surface area contributed by atoms with E-state index < -0.39 is 26.4 Å². The molecule has 0 amide bonds. The predicted octanol–water partition coefficient (Wildman–Crippen LogP) is -0.394. The molecule has 1 aromatic heterocycles. The molecular formula is C17H20N2O8P+. The molecule has 1 aromatic carbocycles. The molecule has 0 unspecified atom stereocenters. The minimum Gasteiger partial charge on any atom is -0.508 e. The van der Waals surface area contributed by atoms with E-state index in [0.717, 1.165) is 0 Å². The van der Waals surface area contributed by atoms with E-state index in [-0.39, 0.29) is 34.7 Å². The van der Waals surface area contributed by atoms with Crippen LogP contribution in [-0.2, 0) is 26.9 Å². The maximum atomic E-state index is 11.6. The van der Waals surface area contributed by atoms with E-state index in [9.17, 15) is 24.7 Å². The molecule has 0 aliphatic carbocycles. The molecule has 2 aromatic rings. The molecular weight excluding hydrogens is 391 g/mol. The first kappa shape index (κ1) is 21.5. The lowest BCUT2D eigenvalue weighted by molar-refractivity contribution is -0.484. The average Bonchev–Trinajstić information content (AvgIpc) is 2.61. The van der Waals surface area contributed by atoms with Crippen molar-refractivity contribution >= 4 is 20.0 Å². The average molecular weight is 411 g/mol. The number of phenolic OH excluding ortho intramolecular Hbond substituents is 1. The molecule has 1 atom stereocenters. The molecule has 28 heavy (non-hydrogen) atoms. The highest BCUT2D eigenvalue weighted by molar-refractivity contribution is 7.46. The van der Waals surface area contributed by atoms with Crippen LogP contribution in [0.2, 0.25) is 0 Å². The van der Waals surface area contributed by atoms with Crippen molar-refractivity contribution in [1.82, 2.24) is 4.98 Å². The zero-order chi connectivity index (χ0) is 20.9. The summed E-state index contributed by atoms with van der Waals surface area (Å²) in [5.41, 5.74) is 1.18. The highest BCUT2D eigenvalue weighted by atomic mass is 31.2. The summed E-state index contributed by atoms with van der Waals surface area (Å²) >= 11 is 0. The summed E-state index contributed by atoms with van der Waals surface area (Å²) in [5.74, 6) is -1.36. The number of phosphoric ester groups is 1. The Kier molecular flexibility index (Phi) is 6.87. The number of carbonyl (C=O) groups is 1. The Bertz CT molecular complexity index is 923. The molecule has 1 heterocycles. The summed E-state index contributed by atoms with van der Waals surface area (Å²) in [7, 11) is -4.74. The first-order chi connectivity index (χ1) is 13.1. The van der Waals surface area contributed by atoms with Crippen LogP contribution >= 0.6 is 7.82 Å². The Morgan fingerprint density at radius 2 is 1.93 bits per heavy atom. The molecule has 150 valence electrons. The van der Waals surface area contributed by atoms with Gasteiger partial charge in [-0.2, -0.15) is 0 Å². The number of phosphoric acid groups is 1. The number of rotatable bonds is 8. The number of benzene rings is 1. The number of aryl methyl sites for hydroxylation is 1. The van der Waals surface area contributed by atoms with E-state index in [1.54, 1.807) is 12.1 Å². The van der Waals surface area contributed by atoms with E-state index in [2.05, 4.69) is 14.5 Å². The first-order valence-corrected chi connectivity index (χ1v) is 9.57. The van der Waals surface area contributed by atoms with Crippen LogP contribution < -0.4 is 4.99 Å². The van der Waals surface area contributed by atoms with Gasteiger partial charge in [-0.15, -0.1) is 0 Å². The third-order valence-electron chi connectivity index (χ3n) is 3.85. The number of nitrogens with one attached hydrogen (secondary N) is 1. The van der Waals surface area contributed by atoms with Gasteiger partial charge in [0.05, 0.1) is 17.9 Å². The summed E-state index contributed by atoms with van der Waals surface area (Å²) < 4.78 is 15.4. The normalized spacial score (nSPS) is 13.0. The molecule has 10 nitrogen and oxygen atoms in total. The fraction of sp³-hybridized carbons (Fsp3) is 0.235. The molecule has 0 saturated carbocycles. The maximum absolute atomic E-state index is 11.6. The molecule has 0 saturated heterocycles. The zero-order valence-corrected chi connectivity index (χ0v) is 15.7. The number of pyridine rings is 1. The summed E-state index contributed by atoms with van der Waals surface area (Å²) in [5, 5.41) is 29.0. The quantitative estimate of drug-likeness (QED) is 0.250. The van der Waals surface area contributed by atoms with Crippen molar-refractivity contribution in [3.63, 3.8) is 0 Å². The Morgan fingerprint density at radius 1 is 1.29 bits per heavy atom. The van der Waals surface area contributed by atoms with Gasteiger partial charge in [0, 0.05) is 18.2 Å². The van der Waals surface area contributed by atoms with Gasteiger partial charge in [0.1, 0.15) is 11.5 Å². The van der Waals surface area contributed by atoms with Crippen LogP contribution in [0.3, 0.4) is 0 Å². The minimum atomic E-state index is -4.74. The van der Waals surface area contributed by atoms with E-state index in [1.807, 2.05) is 0 Å². The van der Waals surface area contributed by atoms with Crippen LogP contribution in [0.5, 0.6) is 11.5 Å². The topological polar surface area (TPSA) is 171 Å². The fourth-order valence-electron chi connectivity index (χ4n) is 2.35. The smallest absolute Gasteiger partial charge is 0.469 e. The van der Waals surface area contributed by atoms with Crippen molar-refractivity contribution in [3.8, 4) is 11.5 Å². The van der Waals surface area contributed by atoms with Crippen LogP contribution in [0.15, 0.2) is 30.5 Å². The largest absolute Gasteiger partial charge is 0.508 e. The van der Waals surface area contributed by atoms with Crippen LogP contribution in [-0.4, -0.2) is 48.3 Å². The summed E-state index contributed by atoms with van der Waals surface area (Å²) in [6, 6.07) is 4.98. The van der Waals surface area contributed by atoms with Gasteiger partial charge in [0.2, 0.25) is 0 Å². The first-order valence-electron chi connectivity index (χ1n) is 8.04. The second-order valence-corrected chi connectivity index (χ2v) is 7.21. The molecule has 0 aliphatic heterocycles. The van der Waals surface area contributed by atoms with Crippen molar-refractivity contribution in [2.24, 2.45) is 0 Å². The minimum absolute atomic E-state index is 0.0574. The van der Waals surface area contributed by atoms with Crippen molar-refractivity contribution < 1.29 is 44.0 Å². The van der Waals surface area contributed by atoms with Gasteiger partial charge in [0.25, 0.3) is 6.04 Å². The molecule has 2 rings (SSSR count).